The van der Waals surface area contributed by atoms with E-state index in [4.69, 9.17) is 11.6 Å². The second-order valence-electron chi connectivity index (χ2n) is 6.51. The van der Waals surface area contributed by atoms with Crippen LogP contribution >= 0.6 is 22.9 Å². The van der Waals surface area contributed by atoms with Crippen molar-refractivity contribution in [2.24, 2.45) is 0 Å². The van der Waals surface area contributed by atoms with E-state index in [1.165, 1.54) is 22.1 Å². The molecule has 0 unspecified atom stereocenters. The second kappa shape index (κ2) is 7.44. The summed E-state index contributed by atoms with van der Waals surface area (Å²) >= 11 is 7.21. The molecule has 1 aliphatic rings. The maximum Gasteiger partial charge on any atom is 0.271 e. The van der Waals surface area contributed by atoms with Gasteiger partial charge in [-0.25, -0.2) is 8.42 Å². The molecule has 0 spiro atoms. The lowest BCUT2D eigenvalue weighted by Gasteiger charge is -2.10. The number of thiophene rings is 1. The van der Waals surface area contributed by atoms with Crippen LogP contribution in [0.1, 0.15) is 17.4 Å². The minimum absolute atomic E-state index is 0.0275. The maximum absolute atomic E-state index is 12.8. The van der Waals surface area contributed by atoms with Gasteiger partial charge in [-0.05, 0) is 48.9 Å². The third kappa shape index (κ3) is 3.53. The van der Waals surface area contributed by atoms with E-state index in [1.807, 2.05) is 13.0 Å². The Hall–Kier alpha value is -2.00. The van der Waals surface area contributed by atoms with Crippen molar-refractivity contribution in [2.45, 2.75) is 24.1 Å². The molecule has 0 amide bonds. The Morgan fingerprint density at radius 1 is 1.25 bits per heavy atom. The van der Waals surface area contributed by atoms with Crippen LogP contribution in [-0.4, -0.2) is 30.5 Å². The Labute approximate surface area is 171 Å². The Morgan fingerprint density at radius 3 is 2.71 bits per heavy atom. The van der Waals surface area contributed by atoms with Crippen LogP contribution in [-0.2, 0) is 22.8 Å². The number of sulfone groups is 1. The van der Waals surface area contributed by atoms with E-state index in [9.17, 15) is 13.2 Å². The van der Waals surface area contributed by atoms with E-state index in [-0.39, 0.29) is 17.7 Å². The van der Waals surface area contributed by atoms with Crippen LogP contribution in [0, 0.1) is 0 Å². The molecule has 0 aliphatic carbocycles. The first-order valence-corrected chi connectivity index (χ1v) is 11.7. The van der Waals surface area contributed by atoms with Crippen LogP contribution in [0.15, 0.2) is 45.4 Å². The minimum Gasteiger partial charge on any atom is -0.312 e. The molecule has 28 heavy (non-hydrogen) atoms. The average Bonchev–Trinajstić information content (AvgIpc) is 3.07. The fourth-order valence-electron chi connectivity index (χ4n) is 3.17. The Morgan fingerprint density at radius 2 is 2.00 bits per heavy atom. The summed E-state index contributed by atoms with van der Waals surface area (Å²) < 4.78 is 27.2. The molecule has 4 rings (SSSR count). The van der Waals surface area contributed by atoms with Gasteiger partial charge in [-0.3, -0.25) is 4.79 Å². The second-order valence-corrected chi connectivity index (χ2v) is 10.4. The Kier molecular flexibility index (Phi) is 5.13. The van der Waals surface area contributed by atoms with Crippen LogP contribution in [0.4, 0.5) is 0 Å². The summed E-state index contributed by atoms with van der Waals surface area (Å²) in [5.74, 6) is -0.0275. The number of halogens is 1. The lowest BCUT2D eigenvalue weighted by Crippen LogP contribution is -2.22. The highest BCUT2D eigenvalue weighted by molar-refractivity contribution is 7.93. The van der Waals surface area contributed by atoms with Gasteiger partial charge in [-0.1, -0.05) is 18.5 Å². The van der Waals surface area contributed by atoms with Gasteiger partial charge in [0.05, 0.1) is 17.1 Å². The number of rotatable bonds is 4. The molecule has 0 atom stereocenters. The molecule has 3 aromatic rings. The molecule has 1 aliphatic heterocycles. The average molecular weight is 436 g/mol. The third-order valence-corrected chi connectivity index (χ3v) is 8.28. The SMILES string of the molecule is CCNCc1cc2c(s1)S(=O)(=O)CCc1cc(=O)n(-c3ccc(Cl)cc3)nc1-2. The number of fused-ring (bicyclic) bond motifs is 3. The maximum atomic E-state index is 12.8. The van der Waals surface area contributed by atoms with Gasteiger partial charge >= 0.3 is 0 Å². The first kappa shape index (κ1) is 19.3. The van der Waals surface area contributed by atoms with Gasteiger partial charge in [-0.15, -0.1) is 11.3 Å². The first-order valence-electron chi connectivity index (χ1n) is 8.85. The van der Waals surface area contributed by atoms with Gasteiger partial charge in [0.2, 0.25) is 0 Å². The number of nitrogens with zero attached hydrogens (tertiary/aromatic N) is 2. The molecule has 1 N–H and O–H groups in total. The molecule has 0 bridgehead atoms. The molecule has 0 radical (unpaired) electrons. The predicted molar refractivity (Wildman–Crippen MR) is 111 cm³/mol. The summed E-state index contributed by atoms with van der Waals surface area (Å²) in [4.78, 5) is 13.5. The smallest absolute Gasteiger partial charge is 0.271 e. The highest BCUT2D eigenvalue weighted by atomic mass is 35.5. The number of hydrogen-bond donors (Lipinski definition) is 1. The normalized spacial score (nSPS) is 14.9. The number of nitrogens with one attached hydrogen (secondary N) is 1. The predicted octanol–water partition coefficient (Wildman–Crippen LogP) is 3.05. The molecular formula is C19H18ClN3O3S2. The molecule has 0 fully saturated rings. The topological polar surface area (TPSA) is 81.1 Å². The number of aryl methyl sites for hydroxylation is 1. The van der Waals surface area contributed by atoms with E-state index < -0.39 is 9.84 Å². The summed E-state index contributed by atoms with van der Waals surface area (Å²) in [6, 6.07) is 10.2. The largest absolute Gasteiger partial charge is 0.312 e. The van der Waals surface area contributed by atoms with Gasteiger partial charge in [0.1, 0.15) is 4.21 Å². The quantitative estimate of drug-likeness (QED) is 0.681. The number of hydrogen-bond acceptors (Lipinski definition) is 6. The van der Waals surface area contributed by atoms with Crippen molar-refractivity contribution in [3.05, 3.63) is 62.2 Å². The molecular weight excluding hydrogens is 418 g/mol. The van der Waals surface area contributed by atoms with E-state index in [1.54, 1.807) is 24.3 Å². The summed E-state index contributed by atoms with van der Waals surface area (Å²) in [5.41, 5.74) is 2.06. The Bertz CT molecular complexity index is 1200. The monoisotopic (exact) mass is 435 g/mol. The van der Waals surface area contributed by atoms with Crippen molar-refractivity contribution in [2.75, 3.05) is 12.3 Å². The van der Waals surface area contributed by atoms with Gasteiger partial charge in [-0.2, -0.15) is 9.78 Å². The van der Waals surface area contributed by atoms with Crippen molar-refractivity contribution in [3.63, 3.8) is 0 Å². The van der Waals surface area contributed by atoms with E-state index in [0.717, 1.165) is 11.4 Å². The van der Waals surface area contributed by atoms with Gasteiger partial charge in [0.15, 0.2) is 9.84 Å². The van der Waals surface area contributed by atoms with Crippen molar-refractivity contribution in [1.29, 1.82) is 0 Å². The zero-order chi connectivity index (χ0) is 19.9. The van der Waals surface area contributed by atoms with Crippen LogP contribution in [0.5, 0.6) is 0 Å². The molecule has 0 saturated carbocycles. The van der Waals surface area contributed by atoms with Crippen molar-refractivity contribution in [3.8, 4) is 16.9 Å². The molecule has 3 heterocycles. The van der Waals surface area contributed by atoms with Gasteiger partial charge in [0.25, 0.3) is 5.56 Å². The Balaban J connectivity index is 1.92. The zero-order valence-electron chi connectivity index (χ0n) is 15.1. The fourth-order valence-corrected chi connectivity index (χ4v) is 6.39. The lowest BCUT2D eigenvalue weighted by atomic mass is 10.1. The third-order valence-electron chi connectivity index (χ3n) is 4.56. The summed E-state index contributed by atoms with van der Waals surface area (Å²) in [7, 11) is -3.42. The number of benzene rings is 1. The molecule has 2 aromatic heterocycles. The molecule has 6 nitrogen and oxygen atoms in total. The van der Waals surface area contributed by atoms with Crippen molar-refractivity contribution >= 4 is 32.8 Å². The fraction of sp³-hybridized carbons (Fsp3) is 0.263. The first-order chi connectivity index (χ1) is 13.4. The lowest BCUT2D eigenvalue weighted by molar-refractivity contribution is 0.598. The van der Waals surface area contributed by atoms with Crippen LogP contribution in [0.3, 0.4) is 0 Å². The number of aromatic nitrogens is 2. The molecule has 0 saturated heterocycles. The standard InChI is InChI=1S/C19H18ClN3O3S2/c1-2-21-11-15-10-16-18-12(7-8-28(25,26)19(16)27-15)9-17(24)23(22-18)14-5-3-13(20)4-6-14/h3-6,9-10,21H,2,7-8,11H2,1H3. The van der Waals surface area contributed by atoms with E-state index in [2.05, 4.69) is 10.4 Å². The van der Waals surface area contributed by atoms with Gasteiger partial charge in [0, 0.05) is 28.1 Å². The zero-order valence-corrected chi connectivity index (χ0v) is 17.5. The summed E-state index contributed by atoms with van der Waals surface area (Å²) in [6.07, 6.45) is 0.269. The van der Waals surface area contributed by atoms with Crippen LogP contribution in [0.2, 0.25) is 5.02 Å². The highest BCUT2D eigenvalue weighted by Gasteiger charge is 2.30. The van der Waals surface area contributed by atoms with Crippen LogP contribution < -0.4 is 10.9 Å². The highest BCUT2D eigenvalue weighted by Crippen LogP contribution is 2.39. The van der Waals surface area contributed by atoms with Crippen molar-refractivity contribution < 1.29 is 8.42 Å². The van der Waals surface area contributed by atoms with Crippen LogP contribution in [0.25, 0.3) is 16.9 Å². The molecule has 9 heteroatoms. The minimum atomic E-state index is -3.42. The van der Waals surface area contributed by atoms with E-state index in [0.29, 0.717) is 38.3 Å². The summed E-state index contributed by atoms with van der Waals surface area (Å²) in [5, 5.41) is 8.34. The van der Waals surface area contributed by atoms with Gasteiger partial charge < -0.3 is 5.32 Å². The summed E-state index contributed by atoms with van der Waals surface area (Å²) in [6.45, 7) is 3.38. The van der Waals surface area contributed by atoms with E-state index >= 15 is 0 Å². The molecule has 1 aromatic carbocycles. The van der Waals surface area contributed by atoms with Crippen molar-refractivity contribution in [1.82, 2.24) is 15.1 Å². The molecule has 146 valence electrons.